The van der Waals surface area contributed by atoms with E-state index >= 15 is 0 Å². The second-order valence-electron chi connectivity index (χ2n) is 4.50. The molecule has 2 rings (SSSR count). The molecule has 2 aliphatic rings. The van der Waals surface area contributed by atoms with Crippen LogP contribution in [0.4, 0.5) is 0 Å². The minimum absolute atomic E-state index is 0. The fraction of sp³-hybridized carbons (Fsp3) is 1.00. The first-order valence-electron chi connectivity index (χ1n) is 6.00. The SMILES string of the molecule is ClN1CCN2CCN(Cl)CCN(CC1)CC2.[Mn]. The van der Waals surface area contributed by atoms with E-state index in [4.69, 9.17) is 23.6 Å². The van der Waals surface area contributed by atoms with Crippen LogP contribution in [0.1, 0.15) is 0 Å². The molecule has 0 saturated carbocycles. The van der Waals surface area contributed by atoms with E-state index < -0.39 is 0 Å². The van der Waals surface area contributed by atoms with Gasteiger partial charge in [0.2, 0.25) is 0 Å². The predicted molar refractivity (Wildman–Crippen MR) is 67.7 cm³/mol. The zero-order valence-corrected chi connectivity index (χ0v) is 12.7. The van der Waals surface area contributed by atoms with Crippen molar-refractivity contribution in [2.45, 2.75) is 0 Å². The zero-order valence-electron chi connectivity index (χ0n) is 9.99. The van der Waals surface area contributed by atoms with E-state index in [0.29, 0.717) is 0 Å². The van der Waals surface area contributed by atoms with Gasteiger partial charge in [0.15, 0.2) is 0 Å². The molecule has 2 bridgehead atoms. The van der Waals surface area contributed by atoms with E-state index in [1.54, 1.807) is 0 Å². The summed E-state index contributed by atoms with van der Waals surface area (Å²) in [6.07, 6.45) is 0. The van der Waals surface area contributed by atoms with Gasteiger partial charge in [-0.3, -0.25) is 9.80 Å². The first kappa shape index (κ1) is 16.0. The van der Waals surface area contributed by atoms with Gasteiger partial charge in [0.25, 0.3) is 0 Å². The van der Waals surface area contributed by atoms with Gasteiger partial charge in [0.05, 0.1) is 0 Å². The van der Waals surface area contributed by atoms with Crippen molar-refractivity contribution in [3.8, 4) is 0 Å². The van der Waals surface area contributed by atoms with Crippen LogP contribution in [-0.2, 0) is 17.1 Å². The molecule has 0 spiro atoms. The van der Waals surface area contributed by atoms with Crippen LogP contribution in [0.2, 0.25) is 0 Å². The molecular formula is C10H20Cl2MnN4. The molecule has 0 aromatic heterocycles. The average Bonchev–Trinajstić information content (AvgIpc) is 2.41. The zero-order chi connectivity index (χ0) is 11.4. The predicted octanol–water partition coefficient (Wildman–Crippen LogP) is 0.527. The van der Waals surface area contributed by atoms with Crippen molar-refractivity contribution in [3.05, 3.63) is 0 Å². The minimum Gasteiger partial charge on any atom is -0.299 e. The summed E-state index contributed by atoms with van der Waals surface area (Å²) < 4.78 is 3.82. The maximum Gasteiger partial charge on any atom is 0.0267 e. The fourth-order valence-corrected chi connectivity index (χ4v) is 2.48. The van der Waals surface area contributed by atoms with Crippen LogP contribution in [0.3, 0.4) is 0 Å². The third kappa shape index (κ3) is 5.62. The van der Waals surface area contributed by atoms with Gasteiger partial charge in [0.1, 0.15) is 0 Å². The quantitative estimate of drug-likeness (QED) is 0.476. The smallest absolute Gasteiger partial charge is 0.0267 e. The third-order valence-corrected chi connectivity index (χ3v) is 4.04. The molecule has 0 N–H and O–H groups in total. The molecule has 2 heterocycles. The monoisotopic (exact) mass is 321 g/mol. The van der Waals surface area contributed by atoms with Gasteiger partial charge in [-0.1, -0.05) is 0 Å². The molecule has 0 unspecified atom stereocenters. The van der Waals surface area contributed by atoms with Crippen LogP contribution in [0.5, 0.6) is 0 Å². The molecule has 0 aromatic rings. The van der Waals surface area contributed by atoms with Gasteiger partial charge in [-0.05, 0) is 23.6 Å². The number of hydrogen-bond acceptors (Lipinski definition) is 4. The van der Waals surface area contributed by atoms with E-state index in [1.165, 1.54) is 0 Å². The Labute approximate surface area is 124 Å². The maximum absolute atomic E-state index is 6.14. The van der Waals surface area contributed by atoms with E-state index in [1.807, 2.05) is 8.84 Å². The summed E-state index contributed by atoms with van der Waals surface area (Å²) in [5, 5.41) is 0. The third-order valence-electron chi connectivity index (χ3n) is 3.37. The number of fused-ring (bicyclic) bond motifs is 3. The fourth-order valence-electron chi connectivity index (χ4n) is 2.18. The molecule has 0 aliphatic carbocycles. The molecule has 2 saturated heterocycles. The van der Waals surface area contributed by atoms with E-state index in [2.05, 4.69) is 9.80 Å². The van der Waals surface area contributed by atoms with E-state index in [0.717, 1.165) is 65.4 Å². The summed E-state index contributed by atoms with van der Waals surface area (Å²) in [7, 11) is 0. The molecule has 0 aromatic carbocycles. The van der Waals surface area contributed by atoms with Crippen molar-refractivity contribution < 1.29 is 17.1 Å². The van der Waals surface area contributed by atoms with Gasteiger partial charge in [-0.2, -0.15) is 0 Å². The molecular weight excluding hydrogens is 302 g/mol. The Hall–Kier alpha value is 0.939. The van der Waals surface area contributed by atoms with Crippen LogP contribution in [0.25, 0.3) is 0 Å². The Bertz CT molecular complexity index is 184. The van der Waals surface area contributed by atoms with Crippen LogP contribution in [0.15, 0.2) is 0 Å². The van der Waals surface area contributed by atoms with Gasteiger partial charge >= 0.3 is 0 Å². The van der Waals surface area contributed by atoms with E-state index in [-0.39, 0.29) is 17.1 Å². The van der Waals surface area contributed by atoms with Crippen LogP contribution >= 0.6 is 23.6 Å². The average molecular weight is 322 g/mol. The van der Waals surface area contributed by atoms with Crippen molar-refractivity contribution in [3.63, 3.8) is 0 Å². The maximum atomic E-state index is 6.14. The van der Waals surface area contributed by atoms with Crippen molar-refractivity contribution in [2.24, 2.45) is 0 Å². The second-order valence-corrected chi connectivity index (χ2v) is 5.46. The Kier molecular flexibility index (Phi) is 7.70. The first-order chi connectivity index (χ1) is 7.74. The summed E-state index contributed by atoms with van der Waals surface area (Å²) in [4.78, 5) is 4.91. The van der Waals surface area contributed by atoms with E-state index in [9.17, 15) is 0 Å². The molecule has 17 heavy (non-hydrogen) atoms. The number of nitrogens with zero attached hydrogens (tertiary/aromatic N) is 4. The Morgan fingerprint density at radius 3 is 1.00 bits per heavy atom. The van der Waals surface area contributed by atoms with Gasteiger partial charge in [-0.25, -0.2) is 8.84 Å². The Morgan fingerprint density at radius 1 is 0.471 bits per heavy atom. The minimum atomic E-state index is 0. The topological polar surface area (TPSA) is 13.0 Å². The molecule has 1 radical (unpaired) electrons. The van der Waals surface area contributed by atoms with Gasteiger partial charge < -0.3 is 0 Å². The molecule has 4 nitrogen and oxygen atoms in total. The first-order valence-corrected chi connectivity index (χ1v) is 6.68. The summed E-state index contributed by atoms with van der Waals surface area (Å²) in [5.41, 5.74) is 0. The van der Waals surface area contributed by atoms with Gasteiger partial charge in [0, 0.05) is 82.5 Å². The molecule has 7 heteroatoms. The van der Waals surface area contributed by atoms with Crippen molar-refractivity contribution >= 4 is 23.6 Å². The standard InChI is InChI=1S/C10H20Cl2N4.Mn/c11-15-7-3-13-1-2-14(5-9-15)6-10-16(12)8-4-13;/h1-10H2;. The normalized spacial score (nSPS) is 33.5. The summed E-state index contributed by atoms with van der Waals surface area (Å²) in [5.74, 6) is 0. The Morgan fingerprint density at radius 2 is 0.706 bits per heavy atom. The molecule has 0 amide bonds. The second kappa shape index (κ2) is 8.18. The van der Waals surface area contributed by atoms with Crippen molar-refractivity contribution in [1.82, 2.24) is 18.6 Å². The summed E-state index contributed by atoms with van der Waals surface area (Å²) >= 11 is 12.3. The number of rotatable bonds is 0. The largest absolute Gasteiger partial charge is 0.299 e. The number of hydrogen-bond donors (Lipinski definition) is 0. The van der Waals surface area contributed by atoms with Gasteiger partial charge in [-0.15, -0.1) is 0 Å². The summed E-state index contributed by atoms with van der Waals surface area (Å²) in [6, 6.07) is 0. The summed E-state index contributed by atoms with van der Waals surface area (Å²) in [6.45, 7) is 10.2. The van der Waals surface area contributed by atoms with Crippen LogP contribution < -0.4 is 0 Å². The number of halogens is 2. The molecule has 0 atom stereocenters. The molecule has 101 valence electrons. The molecule has 2 aliphatic heterocycles. The van der Waals surface area contributed by atoms with Crippen molar-refractivity contribution in [1.29, 1.82) is 0 Å². The van der Waals surface area contributed by atoms with Crippen molar-refractivity contribution in [2.75, 3.05) is 65.4 Å². The molecule has 2 fully saturated rings. The van der Waals surface area contributed by atoms with Crippen LogP contribution in [0, 0.1) is 0 Å². The van der Waals surface area contributed by atoms with Crippen LogP contribution in [-0.4, -0.2) is 84.1 Å². The Balaban J connectivity index is 0.00000144.